The number of fused-ring (bicyclic) bond motifs is 1. The van der Waals surface area contributed by atoms with Crippen LogP contribution < -0.4 is 4.80 Å². The minimum atomic E-state index is -0.666. The lowest BCUT2D eigenvalue weighted by molar-refractivity contribution is -0.143. The highest BCUT2D eigenvalue weighted by atomic mass is 32.1. The lowest BCUT2D eigenvalue weighted by atomic mass is 10.3. The highest BCUT2D eigenvalue weighted by Crippen LogP contribution is 2.19. The molecule has 148 valence electrons. The number of halogens is 1. The number of carbonyl (C=O) groups excluding carboxylic acids is 4. The number of ether oxygens (including phenoxy) is 1. The normalized spacial score (nSPS) is 14.9. The van der Waals surface area contributed by atoms with E-state index in [4.69, 9.17) is 4.74 Å². The molecule has 0 N–H and O–H groups in total. The molecule has 1 aliphatic heterocycles. The molecule has 0 radical (unpaired) electrons. The number of thiazole rings is 1. The van der Waals surface area contributed by atoms with Crippen molar-refractivity contribution < 1.29 is 28.3 Å². The van der Waals surface area contributed by atoms with Gasteiger partial charge in [0.05, 0.1) is 23.2 Å². The quantitative estimate of drug-likeness (QED) is 0.532. The minimum absolute atomic E-state index is 0.0571. The molecule has 1 fully saturated rings. The number of aromatic nitrogens is 1. The number of rotatable bonds is 6. The van der Waals surface area contributed by atoms with Gasteiger partial charge in [-0.2, -0.15) is 4.99 Å². The van der Waals surface area contributed by atoms with E-state index in [2.05, 4.69) is 4.99 Å². The van der Waals surface area contributed by atoms with Gasteiger partial charge < -0.3 is 9.30 Å². The summed E-state index contributed by atoms with van der Waals surface area (Å²) in [5, 5.41) is 0. The van der Waals surface area contributed by atoms with Gasteiger partial charge in [-0.15, -0.1) is 0 Å². The molecular formula is C18H18FN3O5S. The summed E-state index contributed by atoms with van der Waals surface area (Å²) in [6, 6.07) is 4.14. The van der Waals surface area contributed by atoms with Gasteiger partial charge in [-0.05, 0) is 25.1 Å². The first-order chi connectivity index (χ1) is 13.4. The van der Waals surface area contributed by atoms with Crippen LogP contribution in [0.4, 0.5) is 4.39 Å². The molecule has 0 spiro atoms. The van der Waals surface area contributed by atoms with Gasteiger partial charge in [-0.3, -0.25) is 24.1 Å². The predicted molar refractivity (Wildman–Crippen MR) is 97.5 cm³/mol. The summed E-state index contributed by atoms with van der Waals surface area (Å²) in [7, 11) is 0. The fourth-order valence-corrected chi connectivity index (χ4v) is 3.96. The second-order valence-electron chi connectivity index (χ2n) is 6.08. The van der Waals surface area contributed by atoms with E-state index in [9.17, 15) is 23.6 Å². The van der Waals surface area contributed by atoms with Gasteiger partial charge in [0.2, 0.25) is 11.8 Å². The summed E-state index contributed by atoms with van der Waals surface area (Å²) in [5.41, 5.74) is 0.621. The average molecular weight is 407 g/mol. The number of imide groups is 1. The van der Waals surface area contributed by atoms with Gasteiger partial charge in [-0.1, -0.05) is 11.3 Å². The van der Waals surface area contributed by atoms with Gasteiger partial charge in [-0.25, -0.2) is 4.39 Å². The second-order valence-corrected chi connectivity index (χ2v) is 7.09. The molecule has 3 amide bonds. The number of likely N-dealkylation sites (tertiary alicyclic amines) is 1. The molecule has 2 heterocycles. The zero-order chi connectivity index (χ0) is 20.3. The van der Waals surface area contributed by atoms with Crippen molar-refractivity contribution in [2.75, 3.05) is 13.2 Å². The summed E-state index contributed by atoms with van der Waals surface area (Å²) in [4.78, 5) is 52.5. The fraction of sp³-hybridized carbons (Fsp3) is 0.389. The highest BCUT2D eigenvalue weighted by molar-refractivity contribution is 7.16. The summed E-state index contributed by atoms with van der Waals surface area (Å²) < 4.78 is 20.7. The molecular weight excluding hydrogens is 389 g/mol. The molecule has 2 aromatic rings. The topological polar surface area (TPSA) is 98.0 Å². The van der Waals surface area contributed by atoms with Crippen molar-refractivity contribution in [3.05, 3.63) is 28.8 Å². The molecule has 8 nitrogen and oxygen atoms in total. The van der Waals surface area contributed by atoms with Crippen LogP contribution in [0.3, 0.4) is 0 Å². The van der Waals surface area contributed by atoms with Crippen LogP contribution in [-0.4, -0.2) is 46.3 Å². The molecule has 3 rings (SSSR count). The molecule has 28 heavy (non-hydrogen) atoms. The van der Waals surface area contributed by atoms with Crippen LogP contribution in [0, 0.1) is 5.82 Å². The van der Waals surface area contributed by atoms with Crippen molar-refractivity contribution >= 4 is 45.2 Å². The van der Waals surface area contributed by atoms with E-state index in [0.29, 0.717) is 10.2 Å². The van der Waals surface area contributed by atoms with Crippen molar-refractivity contribution in [1.29, 1.82) is 0 Å². The Morgan fingerprint density at radius 3 is 2.64 bits per heavy atom. The van der Waals surface area contributed by atoms with E-state index in [-0.39, 0.29) is 37.2 Å². The summed E-state index contributed by atoms with van der Waals surface area (Å²) in [5.74, 6) is -2.30. The van der Waals surface area contributed by atoms with Crippen LogP contribution in [0.15, 0.2) is 23.2 Å². The Morgan fingerprint density at radius 2 is 1.96 bits per heavy atom. The van der Waals surface area contributed by atoms with E-state index < -0.39 is 36.1 Å². The zero-order valence-electron chi connectivity index (χ0n) is 15.1. The first-order valence-corrected chi connectivity index (χ1v) is 9.56. The van der Waals surface area contributed by atoms with Gasteiger partial charge in [0.15, 0.2) is 4.80 Å². The Kier molecular flexibility index (Phi) is 5.98. The minimum Gasteiger partial charge on any atom is -0.466 e. The van der Waals surface area contributed by atoms with E-state index in [0.717, 1.165) is 16.2 Å². The van der Waals surface area contributed by atoms with Crippen LogP contribution in [0.25, 0.3) is 10.2 Å². The maximum atomic E-state index is 13.6. The number of aryl methyl sites for hydroxylation is 1. The van der Waals surface area contributed by atoms with Crippen LogP contribution >= 0.6 is 11.3 Å². The number of amides is 3. The monoisotopic (exact) mass is 407 g/mol. The summed E-state index contributed by atoms with van der Waals surface area (Å²) >= 11 is 1.09. The lowest BCUT2D eigenvalue weighted by Crippen LogP contribution is -2.34. The smallest absolute Gasteiger partial charge is 0.307 e. The molecule has 0 bridgehead atoms. The fourth-order valence-electron chi connectivity index (χ4n) is 2.86. The van der Waals surface area contributed by atoms with Crippen LogP contribution in [0.1, 0.15) is 26.2 Å². The van der Waals surface area contributed by atoms with Crippen molar-refractivity contribution in [2.24, 2.45) is 4.99 Å². The van der Waals surface area contributed by atoms with Crippen molar-refractivity contribution in [2.45, 2.75) is 32.7 Å². The maximum absolute atomic E-state index is 13.6. The summed E-state index contributed by atoms with van der Waals surface area (Å²) in [6.07, 6.45) is 0.239. The number of benzene rings is 1. The maximum Gasteiger partial charge on any atom is 0.307 e. The van der Waals surface area contributed by atoms with Gasteiger partial charge in [0, 0.05) is 19.4 Å². The average Bonchev–Trinajstić information content (AvgIpc) is 3.13. The predicted octanol–water partition coefficient (Wildman–Crippen LogP) is 1.37. The Balaban J connectivity index is 1.91. The van der Waals surface area contributed by atoms with Crippen molar-refractivity contribution in [3.63, 3.8) is 0 Å². The number of carbonyl (C=O) groups is 4. The molecule has 1 aromatic carbocycles. The molecule has 0 aliphatic carbocycles. The Hall–Kier alpha value is -2.88. The Bertz CT molecular complexity index is 1010. The van der Waals surface area contributed by atoms with E-state index >= 15 is 0 Å². The molecule has 10 heteroatoms. The van der Waals surface area contributed by atoms with Gasteiger partial charge in [0.25, 0.3) is 5.91 Å². The molecule has 1 saturated heterocycles. The molecule has 0 atom stereocenters. The Labute approximate surface area is 163 Å². The van der Waals surface area contributed by atoms with Crippen LogP contribution in [0.5, 0.6) is 0 Å². The largest absolute Gasteiger partial charge is 0.466 e. The van der Waals surface area contributed by atoms with Crippen molar-refractivity contribution in [1.82, 2.24) is 9.47 Å². The Morgan fingerprint density at radius 1 is 1.25 bits per heavy atom. The molecule has 0 unspecified atom stereocenters. The van der Waals surface area contributed by atoms with E-state index in [1.807, 2.05) is 0 Å². The first kappa shape index (κ1) is 19.9. The van der Waals surface area contributed by atoms with Gasteiger partial charge in [0.1, 0.15) is 12.4 Å². The standard InChI is InChI=1S/C18H18FN3O5S/c1-2-27-17(26)7-8-21-12-4-3-11(19)9-13(12)28-18(21)20-14(23)10-22-15(24)5-6-16(22)25/h3-4,9H,2,5-8,10H2,1H3. The second kappa shape index (κ2) is 8.42. The molecule has 0 saturated carbocycles. The summed E-state index contributed by atoms with van der Waals surface area (Å²) in [6.45, 7) is 1.72. The van der Waals surface area contributed by atoms with E-state index in [1.165, 1.54) is 12.1 Å². The number of esters is 1. The third-order valence-corrected chi connectivity index (χ3v) is 5.20. The van der Waals surface area contributed by atoms with E-state index in [1.54, 1.807) is 17.6 Å². The van der Waals surface area contributed by atoms with Gasteiger partial charge >= 0.3 is 5.97 Å². The highest BCUT2D eigenvalue weighted by Gasteiger charge is 2.30. The SMILES string of the molecule is CCOC(=O)CCn1c(=NC(=O)CN2C(=O)CCC2=O)sc2cc(F)ccc21. The number of nitrogens with zero attached hydrogens (tertiary/aromatic N) is 3. The third-order valence-electron chi connectivity index (χ3n) is 4.16. The third kappa shape index (κ3) is 4.33. The zero-order valence-corrected chi connectivity index (χ0v) is 16.0. The number of hydrogen-bond acceptors (Lipinski definition) is 6. The first-order valence-electron chi connectivity index (χ1n) is 8.74. The molecule has 1 aliphatic rings. The number of hydrogen-bond donors (Lipinski definition) is 0. The molecule has 1 aromatic heterocycles. The van der Waals surface area contributed by atoms with Crippen LogP contribution in [0.2, 0.25) is 0 Å². The van der Waals surface area contributed by atoms with Crippen molar-refractivity contribution in [3.8, 4) is 0 Å². The lowest BCUT2D eigenvalue weighted by Gasteiger charge is -2.10. The van der Waals surface area contributed by atoms with Crippen LogP contribution in [-0.2, 0) is 30.5 Å².